The lowest BCUT2D eigenvalue weighted by atomic mass is 9.99. The molecule has 2 aromatic heterocycles. The summed E-state index contributed by atoms with van der Waals surface area (Å²) in [6.45, 7) is 3.46. The van der Waals surface area contributed by atoms with Gasteiger partial charge in [0.25, 0.3) is 0 Å². The number of pyridine rings is 1. The molecule has 3 atom stereocenters. The summed E-state index contributed by atoms with van der Waals surface area (Å²) in [5.41, 5.74) is 0.981. The van der Waals surface area contributed by atoms with Crippen LogP contribution in [0.2, 0.25) is 0 Å². The zero-order valence-corrected chi connectivity index (χ0v) is 20.6. The number of hydrogen-bond acceptors (Lipinski definition) is 7. The fraction of sp³-hybridized carbons (Fsp3) is 0.522. The maximum Gasteiger partial charge on any atom is 0.490 e. The topological polar surface area (TPSA) is 109 Å². The van der Waals surface area contributed by atoms with E-state index in [0.717, 1.165) is 31.6 Å². The van der Waals surface area contributed by atoms with E-state index in [9.17, 15) is 26.3 Å². The van der Waals surface area contributed by atoms with Gasteiger partial charge in [0.2, 0.25) is 0 Å². The first-order valence-electron chi connectivity index (χ1n) is 11.3. The largest absolute Gasteiger partial charge is 0.490 e. The molecule has 2 fully saturated rings. The second-order valence-corrected chi connectivity index (χ2v) is 9.25. The maximum absolute atomic E-state index is 10.6. The van der Waals surface area contributed by atoms with Gasteiger partial charge in [-0.1, -0.05) is 12.1 Å². The van der Waals surface area contributed by atoms with Gasteiger partial charge in [-0.2, -0.15) is 26.3 Å². The lowest BCUT2D eigenvalue weighted by Gasteiger charge is -2.35. The second kappa shape index (κ2) is 14.4. The number of hydrogen-bond donors (Lipinski definition) is 2. The average molecular weight is 573 g/mol. The van der Waals surface area contributed by atoms with Crippen molar-refractivity contribution in [3.8, 4) is 0 Å². The van der Waals surface area contributed by atoms with Crippen LogP contribution in [0.15, 0.2) is 41.9 Å². The van der Waals surface area contributed by atoms with Crippen LogP contribution in [-0.4, -0.2) is 75.8 Å². The molecule has 2 saturated heterocycles. The van der Waals surface area contributed by atoms with E-state index in [1.165, 1.54) is 11.3 Å². The van der Waals surface area contributed by atoms with Gasteiger partial charge in [0.15, 0.2) is 0 Å². The van der Waals surface area contributed by atoms with Crippen molar-refractivity contribution in [2.75, 3.05) is 13.2 Å². The lowest BCUT2D eigenvalue weighted by Crippen LogP contribution is -2.43. The van der Waals surface area contributed by atoms with Gasteiger partial charge in [0.1, 0.15) is 0 Å². The van der Waals surface area contributed by atoms with Gasteiger partial charge in [-0.3, -0.25) is 9.88 Å². The van der Waals surface area contributed by atoms with Crippen LogP contribution in [0, 0.1) is 0 Å². The second-order valence-electron chi connectivity index (χ2n) is 8.22. The van der Waals surface area contributed by atoms with E-state index in [1.807, 2.05) is 29.5 Å². The molecule has 0 amide bonds. The smallest absolute Gasteiger partial charge is 0.475 e. The quantitative estimate of drug-likeness (QED) is 0.478. The van der Waals surface area contributed by atoms with Crippen LogP contribution >= 0.6 is 11.3 Å². The summed E-state index contributed by atoms with van der Waals surface area (Å²) in [5.74, 6) is -5.51. The highest BCUT2D eigenvalue weighted by molar-refractivity contribution is 7.09. The van der Waals surface area contributed by atoms with Crippen molar-refractivity contribution in [3.05, 3.63) is 52.5 Å². The third-order valence-corrected chi connectivity index (χ3v) is 6.32. The van der Waals surface area contributed by atoms with Crippen molar-refractivity contribution in [3.63, 3.8) is 0 Å². The summed E-state index contributed by atoms with van der Waals surface area (Å²) in [5, 5.41) is 16.4. The molecule has 212 valence electrons. The summed E-state index contributed by atoms with van der Waals surface area (Å²) in [4.78, 5) is 26.1. The number of likely N-dealkylation sites (tertiary alicyclic amines) is 1. The molecule has 38 heavy (non-hydrogen) atoms. The first-order chi connectivity index (χ1) is 17.8. The monoisotopic (exact) mass is 572 g/mol. The number of ether oxygens (including phenoxy) is 2. The Balaban J connectivity index is 0.000000301. The highest BCUT2D eigenvalue weighted by Gasteiger charge is 2.40. The van der Waals surface area contributed by atoms with Crippen LogP contribution in [-0.2, 0) is 32.2 Å². The van der Waals surface area contributed by atoms with Gasteiger partial charge >= 0.3 is 24.3 Å². The minimum Gasteiger partial charge on any atom is -0.475 e. The van der Waals surface area contributed by atoms with E-state index in [4.69, 9.17) is 29.3 Å². The molecule has 15 heteroatoms. The van der Waals surface area contributed by atoms with Crippen molar-refractivity contribution in [1.82, 2.24) is 9.88 Å². The summed E-state index contributed by atoms with van der Waals surface area (Å²) >= 11 is 1.85. The standard InChI is InChI=1S/C19H24N2O2S.2C2HF3O2/c1-2-9-20-15(4-1)13-22-14-16-6-7-18-19(23-16)8-10-21(18)12-17-5-3-11-24-17;2*3-2(4,5)1(6)7/h1-5,9,11,16,18-19H,6-8,10,12-14H2;2*(H,6,7)/t16-,18-,19-;;/m0../s1. The highest BCUT2D eigenvalue weighted by atomic mass is 32.1. The first kappa shape index (κ1) is 31.5. The summed E-state index contributed by atoms with van der Waals surface area (Å²) in [7, 11) is 0. The molecule has 0 aliphatic carbocycles. The molecule has 0 bridgehead atoms. The number of aliphatic carboxylic acids is 2. The Bertz CT molecular complexity index is 967. The zero-order chi connectivity index (χ0) is 28.3. The molecular weight excluding hydrogens is 546 g/mol. The molecule has 0 aromatic carbocycles. The Morgan fingerprint density at radius 1 is 1.03 bits per heavy atom. The number of carbonyl (C=O) groups is 2. The molecule has 2 N–H and O–H groups in total. The third-order valence-electron chi connectivity index (χ3n) is 5.45. The van der Waals surface area contributed by atoms with Crippen molar-refractivity contribution >= 4 is 23.3 Å². The van der Waals surface area contributed by atoms with E-state index in [2.05, 4.69) is 27.4 Å². The Hall–Kier alpha value is -2.75. The summed E-state index contributed by atoms with van der Waals surface area (Å²) in [6, 6.07) is 10.9. The Labute approximate surface area is 217 Å². The number of alkyl halides is 6. The third kappa shape index (κ3) is 10.9. The van der Waals surface area contributed by atoms with Crippen LogP contribution in [0.3, 0.4) is 0 Å². The number of nitrogens with zero attached hydrogens (tertiary/aromatic N) is 2. The number of aromatic nitrogens is 1. The Morgan fingerprint density at radius 3 is 2.21 bits per heavy atom. The maximum atomic E-state index is 10.6. The molecule has 8 nitrogen and oxygen atoms in total. The number of rotatable bonds is 6. The van der Waals surface area contributed by atoms with E-state index >= 15 is 0 Å². The van der Waals surface area contributed by atoms with E-state index in [1.54, 1.807) is 6.20 Å². The lowest BCUT2D eigenvalue weighted by molar-refractivity contribution is -0.193. The van der Waals surface area contributed by atoms with Crippen molar-refractivity contribution in [2.24, 2.45) is 0 Å². The number of fused-ring (bicyclic) bond motifs is 1. The molecule has 2 aliphatic rings. The van der Waals surface area contributed by atoms with Crippen LogP contribution in [0.25, 0.3) is 0 Å². The van der Waals surface area contributed by atoms with Gasteiger partial charge < -0.3 is 19.7 Å². The van der Waals surface area contributed by atoms with Crippen LogP contribution in [0.1, 0.15) is 29.8 Å². The van der Waals surface area contributed by atoms with Crippen LogP contribution in [0.4, 0.5) is 26.3 Å². The molecule has 0 unspecified atom stereocenters. The molecule has 2 aliphatic heterocycles. The highest BCUT2D eigenvalue weighted by Crippen LogP contribution is 2.33. The van der Waals surface area contributed by atoms with E-state index in [0.29, 0.717) is 25.4 Å². The van der Waals surface area contributed by atoms with Gasteiger partial charge in [0, 0.05) is 30.2 Å². The van der Waals surface area contributed by atoms with Crippen LogP contribution in [0.5, 0.6) is 0 Å². The fourth-order valence-electron chi connectivity index (χ4n) is 3.79. The predicted molar refractivity (Wildman–Crippen MR) is 122 cm³/mol. The van der Waals surface area contributed by atoms with Gasteiger partial charge in [0.05, 0.1) is 31.1 Å². The molecule has 2 aromatic rings. The normalized spacial score (nSPS) is 21.4. The first-order valence-corrected chi connectivity index (χ1v) is 12.1. The Kier molecular flexibility index (Phi) is 11.9. The minimum absolute atomic E-state index is 0.233. The van der Waals surface area contributed by atoms with E-state index in [-0.39, 0.29) is 6.10 Å². The van der Waals surface area contributed by atoms with Gasteiger partial charge in [-0.25, -0.2) is 9.59 Å². The molecular formula is C23H26F6N2O6S. The average Bonchev–Trinajstić information content (AvgIpc) is 3.50. The van der Waals surface area contributed by atoms with Crippen molar-refractivity contribution in [2.45, 2.75) is 63.0 Å². The summed E-state index contributed by atoms with van der Waals surface area (Å²) < 4.78 is 75.6. The van der Waals surface area contributed by atoms with Crippen molar-refractivity contribution < 1.29 is 55.6 Å². The predicted octanol–water partition coefficient (Wildman–Crippen LogP) is 4.75. The number of thiophene rings is 1. The zero-order valence-electron chi connectivity index (χ0n) is 19.8. The fourth-order valence-corrected chi connectivity index (χ4v) is 4.52. The molecule has 0 radical (unpaired) electrons. The van der Waals surface area contributed by atoms with Crippen molar-refractivity contribution in [1.29, 1.82) is 0 Å². The molecule has 0 saturated carbocycles. The Morgan fingerprint density at radius 2 is 1.68 bits per heavy atom. The number of carboxylic acids is 2. The molecule has 4 heterocycles. The summed E-state index contributed by atoms with van der Waals surface area (Å²) in [6.07, 6.45) is -4.30. The molecule has 4 rings (SSSR count). The number of carboxylic acid groups (broad SMARTS) is 2. The number of halogens is 6. The SMILES string of the molecule is O=C(O)C(F)(F)F.O=C(O)C(F)(F)F.c1ccc(COC[C@@H]2CC[C@H]3[C@H](CCN3Cc3cccs3)O2)nc1. The van der Waals surface area contributed by atoms with Crippen LogP contribution < -0.4 is 0 Å². The van der Waals surface area contributed by atoms with Gasteiger partial charge in [-0.15, -0.1) is 11.3 Å². The van der Waals surface area contributed by atoms with Gasteiger partial charge in [-0.05, 0) is 42.8 Å². The molecule has 0 spiro atoms. The van der Waals surface area contributed by atoms with E-state index < -0.39 is 24.3 Å². The minimum atomic E-state index is -5.08.